The number of oxazole rings is 1. The third-order valence-corrected chi connectivity index (χ3v) is 8.62. The monoisotopic (exact) mass is 610 g/mol. The van der Waals surface area contributed by atoms with E-state index in [9.17, 15) is 18.3 Å². The zero-order chi connectivity index (χ0) is 31.0. The molecular formula is C31H38N4O7S. The Kier molecular flexibility index (Phi) is 10.8. The van der Waals surface area contributed by atoms with E-state index < -0.39 is 22.2 Å². The first kappa shape index (κ1) is 32.0. The SMILES string of the molecule is CCc1cnc(-c2cc(C#Cc3ccc(N4CCN(S(=O)(=O)NC(C(=O)O)C(C)C)CC4)cc3)ccc2OCCOC)o1. The van der Waals surface area contributed by atoms with Crippen molar-refractivity contribution in [2.24, 2.45) is 5.92 Å². The molecule has 0 aliphatic carbocycles. The molecule has 0 spiro atoms. The van der Waals surface area contributed by atoms with E-state index in [1.54, 1.807) is 27.2 Å². The van der Waals surface area contributed by atoms with Gasteiger partial charge in [0.05, 0.1) is 18.4 Å². The number of carboxylic acid groups (broad SMARTS) is 1. The van der Waals surface area contributed by atoms with Crippen LogP contribution in [0.1, 0.15) is 37.7 Å². The zero-order valence-electron chi connectivity index (χ0n) is 24.9. The number of hydrogen-bond donors (Lipinski definition) is 2. The van der Waals surface area contributed by atoms with Crippen molar-refractivity contribution in [3.63, 3.8) is 0 Å². The lowest BCUT2D eigenvalue weighted by molar-refractivity contribution is -0.140. The normalized spacial score (nSPS) is 14.8. The molecule has 0 bridgehead atoms. The summed E-state index contributed by atoms with van der Waals surface area (Å²) >= 11 is 0. The van der Waals surface area contributed by atoms with Crippen LogP contribution in [0.4, 0.5) is 5.69 Å². The predicted molar refractivity (Wildman–Crippen MR) is 163 cm³/mol. The Morgan fingerprint density at radius 1 is 1.07 bits per heavy atom. The van der Waals surface area contributed by atoms with Gasteiger partial charge in [-0.1, -0.05) is 32.6 Å². The maximum Gasteiger partial charge on any atom is 0.322 e. The Hall–Kier alpha value is -3.89. The van der Waals surface area contributed by atoms with Crippen molar-refractivity contribution in [3.8, 4) is 29.0 Å². The maximum absolute atomic E-state index is 12.8. The summed E-state index contributed by atoms with van der Waals surface area (Å²) in [5.41, 5.74) is 3.28. The van der Waals surface area contributed by atoms with Gasteiger partial charge in [0.15, 0.2) is 0 Å². The molecule has 0 radical (unpaired) electrons. The number of rotatable bonds is 12. The average Bonchev–Trinajstić information content (AvgIpc) is 3.49. The van der Waals surface area contributed by atoms with E-state index >= 15 is 0 Å². The smallest absolute Gasteiger partial charge is 0.322 e. The number of hydrogen-bond acceptors (Lipinski definition) is 8. The first-order valence-corrected chi connectivity index (χ1v) is 15.6. The van der Waals surface area contributed by atoms with Crippen LogP contribution in [0.25, 0.3) is 11.5 Å². The average molecular weight is 611 g/mol. The molecule has 1 unspecified atom stereocenters. The van der Waals surface area contributed by atoms with Crippen molar-refractivity contribution in [2.75, 3.05) is 51.4 Å². The molecule has 1 aliphatic rings. The van der Waals surface area contributed by atoms with Gasteiger partial charge >= 0.3 is 5.97 Å². The van der Waals surface area contributed by atoms with Gasteiger partial charge in [0, 0.05) is 56.5 Å². The topological polar surface area (TPSA) is 134 Å². The Morgan fingerprint density at radius 2 is 1.74 bits per heavy atom. The number of aliphatic carboxylic acids is 1. The van der Waals surface area contributed by atoms with Crippen molar-refractivity contribution >= 4 is 21.9 Å². The van der Waals surface area contributed by atoms with Crippen LogP contribution < -0.4 is 14.4 Å². The molecule has 43 heavy (non-hydrogen) atoms. The molecule has 1 aromatic heterocycles. The molecule has 11 nitrogen and oxygen atoms in total. The van der Waals surface area contributed by atoms with Gasteiger partial charge in [-0.25, -0.2) is 4.98 Å². The summed E-state index contributed by atoms with van der Waals surface area (Å²) in [6.45, 7) is 7.65. The molecule has 3 aromatic rings. The number of nitrogens with one attached hydrogen (secondary N) is 1. The lowest BCUT2D eigenvalue weighted by atomic mass is 10.1. The number of aromatic nitrogens is 1. The maximum atomic E-state index is 12.8. The highest BCUT2D eigenvalue weighted by molar-refractivity contribution is 7.87. The fourth-order valence-corrected chi connectivity index (χ4v) is 6.01. The number of methoxy groups -OCH3 is 1. The first-order valence-electron chi connectivity index (χ1n) is 14.2. The summed E-state index contributed by atoms with van der Waals surface area (Å²) in [7, 11) is -2.29. The summed E-state index contributed by atoms with van der Waals surface area (Å²) in [5.74, 6) is 6.73. The Balaban J connectivity index is 1.41. The third kappa shape index (κ3) is 8.36. The number of benzene rings is 2. The van der Waals surface area contributed by atoms with Gasteiger partial charge in [-0.2, -0.15) is 17.4 Å². The summed E-state index contributed by atoms with van der Waals surface area (Å²) in [6.07, 6.45) is 2.45. The van der Waals surface area contributed by atoms with E-state index in [-0.39, 0.29) is 19.0 Å². The highest BCUT2D eigenvalue weighted by Crippen LogP contribution is 2.31. The van der Waals surface area contributed by atoms with Gasteiger partial charge in [-0.3, -0.25) is 4.79 Å². The number of carbonyl (C=O) groups is 1. The van der Waals surface area contributed by atoms with Crippen LogP contribution >= 0.6 is 0 Å². The van der Waals surface area contributed by atoms with Gasteiger partial charge in [-0.05, 0) is 48.4 Å². The molecule has 4 rings (SSSR count). The fourth-order valence-electron chi connectivity index (χ4n) is 4.52. The molecule has 1 fully saturated rings. The highest BCUT2D eigenvalue weighted by atomic mass is 32.2. The minimum Gasteiger partial charge on any atom is -0.490 e. The largest absolute Gasteiger partial charge is 0.490 e. The molecule has 2 aromatic carbocycles. The van der Waals surface area contributed by atoms with E-state index in [0.717, 1.165) is 34.6 Å². The van der Waals surface area contributed by atoms with Gasteiger partial charge in [0.2, 0.25) is 5.89 Å². The lowest BCUT2D eigenvalue weighted by Gasteiger charge is -2.36. The van der Waals surface area contributed by atoms with Crippen molar-refractivity contribution in [1.29, 1.82) is 0 Å². The number of piperazine rings is 1. The second kappa shape index (κ2) is 14.5. The van der Waals surface area contributed by atoms with E-state index in [0.29, 0.717) is 37.9 Å². The Labute approximate surface area is 253 Å². The quantitative estimate of drug-likeness (QED) is 0.234. The number of anilines is 1. The molecular weight excluding hydrogens is 572 g/mol. The standard InChI is InChI=1S/C31H38N4O7S/c1-5-26-21-32-30(42-26)27-20-24(10-13-28(27)41-19-18-40-4)7-6-23-8-11-25(12-9-23)34-14-16-35(17-15-34)43(38,39)33-29(22(2)3)31(36)37/h8-13,20-22,29,33H,5,14-19H2,1-4H3,(H,36,37). The number of nitrogens with zero attached hydrogens (tertiary/aromatic N) is 3. The van der Waals surface area contributed by atoms with Crippen molar-refractivity contribution in [2.45, 2.75) is 33.2 Å². The van der Waals surface area contributed by atoms with Gasteiger partial charge in [-0.15, -0.1) is 0 Å². The van der Waals surface area contributed by atoms with Crippen LogP contribution in [0.3, 0.4) is 0 Å². The molecule has 2 heterocycles. The van der Waals surface area contributed by atoms with Crippen molar-refractivity contribution < 1.29 is 32.2 Å². The number of carboxylic acids is 1. The van der Waals surface area contributed by atoms with Crippen molar-refractivity contribution in [3.05, 3.63) is 65.5 Å². The fraction of sp³-hybridized carbons (Fsp3) is 0.419. The second-order valence-corrected chi connectivity index (χ2v) is 12.1. The van der Waals surface area contributed by atoms with Gasteiger partial charge < -0.3 is 23.9 Å². The van der Waals surface area contributed by atoms with E-state index in [1.165, 1.54) is 4.31 Å². The number of ether oxygens (including phenoxy) is 2. The molecule has 0 amide bonds. The number of aryl methyl sites for hydroxylation is 1. The van der Waals surface area contributed by atoms with Gasteiger partial charge in [0.25, 0.3) is 10.2 Å². The van der Waals surface area contributed by atoms with E-state index in [2.05, 4.69) is 26.4 Å². The summed E-state index contributed by atoms with van der Waals surface area (Å²) in [6, 6.07) is 12.2. The molecule has 1 saturated heterocycles. The summed E-state index contributed by atoms with van der Waals surface area (Å²) in [4.78, 5) is 18.0. The minimum atomic E-state index is -3.91. The van der Waals surface area contributed by atoms with E-state index in [4.69, 9.17) is 13.9 Å². The lowest BCUT2D eigenvalue weighted by Crippen LogP contribution is -2.55. The second-order valence-electron chi connectivity index (χ2n) is 10.4. The van der Waals surface area contributed by atoms with Crippen LogP contribution in [-0.2, 0) is 26.2 Å². The highest BCUT2D eigenvalue weighted by Gasteiger charge is 2.33. The molecule has 1 atom stereocenters. The minimum absolute atomic E-state index is 0.249. The van der Waals surface area contributed by atoms with Crippen LogP contribution in [-0.4, -0.2) is 81.3 Å². The third-order valence-electron chi connectivity index (χ3n) is 7.03. The molecule has 0 saturated carbocycles. The predicted octanol–water partition coefficient (Wildman–Crippen LogP) is 3.39. The van der Waals surface area contributed by atoms with Crippen LogP contribution in [0.2, 0.25) is 0 Å². The Morgan fingerprint density at radius 3 is 2.35 bits per heavy atom. The van der Waals surface area contributed by atoms with Crippen LogP contribution in [0, 0.1) is 17.8 Å². The van der Waals surface area contributed by atoms with Crippen LogP contribution in [0.5, 0.6) is 5.75 Å². The van der Waals surface area contributed by atoms with E-state index in [1.807, 2.05) is 49.4 Å². The van der Waals surface area contributed by atoms with Crippen LogP contribution in [0.15, 0.2) is 53.1 Å². The van der Waals surface area contributed by atoms with Crippen molar-refractivity contribution in [1.82, 2.24) is 14.0 Å². The summed E-state index contributed by atoms with van der Waals surface area (Å²) in [5, 5.41) is 9.36. The molecule has 12 heteroatoms. The summed E-state index contributed by atoms with van der Waals surface area (Å²) < 4.78 is 46.0. The first-order chi connectivity index (χ1) is 20.6. The molecule has 2 N–H and O–H groups in total. The molecule has 230 valence electrons. The molecule has 1 aliphatic heterocycles. The van der Waals surface area contributed by atoms with Gasteiger partial charge in [0.1, 0.15) is 24.2 Å². The zero-order valence-corrected chi connectivity index (χ0v) is 25.7. The Bertz CT molecular complexity index is 1550.